The Labute approximate surface area is 86.7 Å². The topological polar surface area (TPSA) is 29.5 Å². The van der Waals surface area contributed by atoms with Crippen LogP contribution >= 0.6 is 0 Å². The van der Waals surface area contributed by atoms with Crippen molar-refractivity contribution in [3.63, 3.8) is 0 Å². The SMILES string of the molecule is C=C(C)C(=O)OC(CCC)CN(C)C. The summed E-state index contributed by atoms with van der Waals surface area (Å²) in [6, 6.07) is 0. The van der Waals surface area contributed by atoms with E-state index in [9.17, 15) is 4.79 Å². The van der Waals surface area contributed by atoms with Gasteiger partial charge >= 0.3 is 5.97 Å². The van der Waals surface area contributed by atoms with Crippen molar-refractivity contribution in [3.05, 3.63) is 12.2 Å². The largest absolute Gasteiger partial charge is 0.458 e. The van der Waals surface area contributed by atoms with Gasteiger partial charge in [-0.3, -0.25) is 0 Å². The number of carbonyl (C=O) groups is 1. The van der Waals surface area contributed by atoms with Crippen molar-refractivity contribution < 1.29 is 9.53 Å². The van der Waals surface area contributed by atoms with Crippen LogP contribution in [0.1, 0.15) is 26.7 Å². The predicted molar refractivity (Wildman–Crippen MR) is 58.2 cm³/mol. The second-order valence-corrected chi connectivity index (χ2v) is 3.86. The number of esters is 1. The second kappa shape index (κ2) is 6.60. The molecule has 0 aliphatic carbocycles. The molecule has 1 unspecified atom stereocenters. The third kappa shape index (κ3) is 5.75. The molecule has 0 saturated heterocycles. The second-order valence-electron chi connectivity index (χ2n) is 3.86. The number of nitrogens with zero attached hydrogens (tertiary/aromatic N) is 1. The molecule has 0 heterocycles. The zero-order valence-corrected chi connectivity index (χ0v) is 9.67. The van der Waals surface area contributed by atoms with E-state index >= 15 is 0 Å². The Morgan fingerprint density at radius 3 is 2.43 bits per heavy atom. The summed E-state index contributed by atoms with van der Waals surface area (Å²) >= 11 is 0. The van der Waals surface area contributed by atoms with Crippen molar-refractivity contribution in [1.82, 2.24) is 4.90 Å². The lowest BCUT2D eigenvalue weighted by atomic mass is 10.2. The maximum Gasteiger partial charge on any atom is 0.333 e. The molecule has 1 atom stereocenters. The minimum absolute atomic E-state index is 0.0146. The zero-order valence-electron chi connectivity index (χ0n) is 9.67. The molecule has 0 aromatic heterocycles. The number of likely N-dealkylation sites (N-methyl/N-ethyl adjacent to an activating group) is 1. The van der Waals surface area contributed by atoms with Crippen LogP contribution in [0, 0.1) is 0 Å². The van der Waals surface area contributed by atoms with E-state index in [0.717, 1.165) is 19.4 Å². The molecule has 0 aromatic carbocycles. The van der Waals surface area contributed by atoms with Crippen molar-refractivity contribution in [2.45, 2.75) is 32.8 Å². The first-order valence-electron chi connectivity index (χ1n) is 4.98. The summed E-state index contributed by atoms with van der Waals surface area (Å²) < 4.78 is 5.28. The predicted octanol–water partition coefficient (Wildman–Crippen LogP) is 1.84. The van der Waals surface area contributed by atoms with Gasteiger partial charge in [0.05, 0.1) is 0 Å². The summed E-state index contributed by atoms with van der Waals surface area (Å²) in [7, 11) is 3.94. The summed E-state index contributed by atoms with van der Waals surface area (Å²) in [6.07, 6.45) is 1.90. The van der Waals surface area contributed by atoms with Crippen molar-refractivity contribution in [2.24, 2.45) is 0 Å². The first-order chi connectivity index (χ1) is 6.47. The van der Waals surface area contributed by atoms with Gasteiger partial charge in [0.2, 0.25) is 0 Å². The molecule has 0 aliphatic heterocycles. The summed E-state index contributed by atoms with van der Waals surface area (Å²) in [5.74, 6) is -0.287. The lowest BCUT2D eigenvalue weighted by Gasteiger charge is -2.20. The molecule has 3 heteroatoms. The third-order valence-electron chi connectivity index (χ3n) is 1.80. The average Bonchev–Trinajstić information content (AvgIpc) is 2.02. The van der Waals surface area contributed by atoms with E-state index in [2.05, 4.69) is 13.5 Å². The van der Waals surface area contributed by atoms with Gasteiger partial charge in [-0.2, -0.15) is 0 Å². The van der Waals surface area contributed by atoms with E-state index in [1.807, 2.05) is 19.0 Å². The van der Waals surface area contributed by atoms with Gasteiger partial charge < -0.3 is 9.64 Å². The van der Waals surface area contributed by atoms with E-state index in [4.69, 9.17) is 4.74 Å². The maximum absolute atomic E-state index is 11.3. The lowest BCUT2D eigenvalue weighted by Crippen LogP contribution is -2.30. The van der Waals surface area contributed by atoms with Crippen LogP contribution < -0.4 is 0 Å². The molecule has 0 radical (unpaired) electrons. The highest BCUT2D eigenvalue weighted by molar-refractivity contribution is 5.87. The molecule has 0 aliphatic rings. The first kappa shape index (κ1) is 13.2. The van der Waals surface area contributed by atoms with Crippen LogP contribution in [0.3, 0.4) is 0 Å². The molecular weight excluding hydrogens is 178 g/mol. The fourth-order valence-electron chi connectivity index (χ4n) is 1.17. The molecule has 3 nitrogen and oxygen atoms in total. The summed E-state index contributed by atoms with van der Waals surface area (Å²) in [4.78, 5) is 13.3. The standard InChI is InChI=1S/C11H21NO2/c1-6-7-10(8-12(4)5)14-11(13)9(2)3/h10H,2,6-8H2,1,3-5H3. The van der Waals surface area contributed by atoms with E-state index in [1.54, 1.807) is 6.92 Å². The van der Waals surface area contributed by atoms with Gasteiger partial charge in [0.1, 0.15) is 6.10 Å². The first-order valence-corrected chi connectivity index (χ1v) is 4.98. The Morgan fingerprint density at radius 1 is 1.50 bits per heavy atom. The number of hydrogen-bond acceptors (Lipinski definition) is 3. The number of ether oxygens (including phenoxy) is 1. The molecule has 14 heavy (non-hydrogen) atoms. The quantitative estimate of drug-likeness (QED) is 0.483. The molecular formula is C11H21NO2. The van der Waals surface area contributed by atoms with Crippen molar-refractivity contribution >= 4 is 5.97 Å². The average molecular weight is 199 g/mol. The third-order valence-corrected chi connectivity index (χ3v) is 1.80. The van der Waals surface area contributed by atoms with Gasteiger partial charge in [-0.05, 0) is 27.4 Å². The van der Waals surface area contributed by atoms with Crippen LogP contribution in [-0.4, -0.2) is 37.6 Å². The van der Waals surface area contributed by atoms with Crippen molar-refractivity contribution in [2.75, 3.05) is 20.6 Å². The Kier molecular flexibility index (Phi) is 6.21. The Morgan fingerprint density at radius 2 is 2.07 bits per heavy atom. The molecule has 82 valence electrons. The molecule has 0 bridgehead atoms. The summed E-state index contributed by atoms with van der Waals surface area (Å²) in [5, 5.41) is 0. The summed E-state index contributed by atoms with van der Waals surface area (Å²) in [6.45, 7) is 8.08. The van der Waals surface area contributed by atoms with Gasteiger partial charge in [0, 0.05) is 12.1 Å². The number of carbonyl (C=O) groups excluding carboxylic acids is 1. The van der Waals surface area contributed by atoms with Crippen LogP contribution in [0.4, 0.5) is 0 Å². The van der Waals surface area contributed by atoms with Gasteiger partial charge in [0.15, 0.2) is 0 Å². The maximum atomic E-state index is 11.3. The highest BCUT2D eigenvalue weighted by Crippen LogP contribution is 2.06. The van der Waals surface area contributed by atoms with E-state index in [0.29, 0.717) is 5.57 Å². The molecule has 0 saturated carbocycles. The van der Waals surface area contributed by atoms with Crippen LogP contribution in [0.25, 0.3) is 0 Å². The molecule has 0 aromatic rings. The minimum Gasteiger partial charge on any atom is -0.458 e. The molecule has 0 rings (SSSR count). The monoisotopic (exact) mass is 199 g/mol. The van der Waals surface area contributed by atoms with Crippen molar-refractivity contribution in [3.8, 4) is 0 Å². The van der Waals surface area contributed by atoms with E-state index in [1.165, 1.54) is 0 Å². The van der Waals surface area contributed by atoms with Crippen LogP contribution in [0.15, 0.2) is 12.2 Å². The van der Waals surface area contributed by atoms with Gasteiger partial charge in [-0.25, -0.2) is 4.79 Å². The number of rotatable bonds is 6. The van der Waals surface area contributed by atoms with Crippen LogP contribution in [0.5, 0.6) is 0 Å². The lowest BCUT2D eigenvalue weighted by molar-refractivity contribution is -0.145. The normalized spacial score (nSPS) is 12.6. The van der Waals surface area contributed by atoms with Crippen molar-refractivity contribution in [1.29, 1.82) is 0 Å². The molecule has 0 spiro atoms. The fraction of sp³-hybridized carbons (Fsp3) is 0.727. The van der Waals surface area contributed by atoms with Crippen LogP contribution in [-0.2, 0) is 9.53 Å². The highest BCUT2D eigenvalue weighted by Gasteiger charge is 2.14. The molecule has 0 amide bonds. The number of hydrogen-bond donors (Lipinski definition) is 0. The molecule has 0 fully saturated rings. The Hall–Kier alpha value is -0.830. The van der Waals surface area contributed by atoms with E-state index in [-0.39, 0.29) is 12.1 Å². The minimum atomic E-state index is -0.287. The smallest absolute Gasteiger partial charge is 0.333 e. The fourth-order valence-corrected chi connectivity index (χ4v) is 1.17. The zero-order chi connectivity index (χ0) is 11.1. The highest BCUT2D eigenvalue weighted by atomic mass is 16.5. The molecule has 0 N–H and O–H groups in total. The van der Waals surface area contributed by atoms with E-state index < -0.39 is 0 Å². The van der Waals surface area contributed by atoms with Gasteiger partial charge in [-0.15, -0.1) is 0 Å². The summed E-state index contributed by atoms with van der Waals surface area (Å²) in [5.41, 5.74) is 0.463. The Bertz CT molecular complexity index is 199. The Balaban J connectivity index is 4.08. The van der Waals surface area contributed by atoms with Gasteiger partial charge in [0.25, 0.3) is 0 Å². The van der Waals surface area contributed by atoms with Gasteiger partial charge in [-0.1, -0.05) is 19.9 Å². The van der Waals surface area contributed by atoms with Crippen LogP contribution in [0.2, 0.25) is 0 Å².